The summed E-state index contributed by atoms with van der Waals surface area (Å²) < 4.78 is 7.07. The Bertz CT molecular complexity index is 2810. The summed E-state index contributed by atoms with van der Waals surface area (Å²) in [5.74, 6) is 0. The van der Waals surface area contributed by atoms with Gasteiger partial charge in [-0.05, 0) is 81.2 Å². The topological polar surface area (TPSA) is 16.4 Å². The molecular formula is C52H35NO. The van der Waals surface area contributed by atoms with Crippen molar-refractivity contribution in [1.82, 2.24) is 0 Å². The molecule has 0 unspecified atom stereocenters. The molecule has 9 aromatic carbocycles. The minimum Gasteiger partial charge on any atom is -0.455 e. The minimum atomic E-state index is 0.883. The number of hydrogen-bond donors (Lipinski definition) is 0. The molecule has 0 fully saturated rings. The lowest BCUT2D eigenvalue weighted by molar-refractivity contribution is 0.674. The van der Waals surface area contributed by atoms with E-state index in [1.807, 2.05) is 0 Å². The Morgan fingerprint density at radius 2 is 0.778 bits per heavy atom. The molecule has 10 rings (SSSR count). The van der Waals surface area contributed by atoms with E-state index in [2.05, 4.69) is 217 Å². The third-order valence-electron chi connectivity index (χ3n) is 10.5. The number of benzene rings is 9. The van der Waals surface area contributed by atoms with Crippen molar-refractivity contribution < 1.29 is 4.42 Å². The highest BCUT2D eigenvalue weighted by molar-refractivity contribution is 6.19. The standard InChI is InChI=1S/C52H35NO/c1-4-14-36(15-5-1)38-24-29-42(30-25-38)53(43-31-26-39(27-32-43)37-16-6-2-7-17-37)49-23-13-12-22-48(49)50-44(40-18-8-3-9-19-40)34-35-47-46-33-28-41-20-10-11-21-45(41)51(46)54-52(47)50/h1-35H. The first-order valence-corrected chi connectivity index (χ1v) is 18.4. The number of para-hydroxylation sites is 1. The maximum absolute atomic E-state index is 7.07. The molecule has 0 aliphatic carbocycles. The van der Waals surface area contributed by atoms with Gasteiger partial charge < -0.3 is 9.32 Å². The number of furan rings is 1. The monoisotopic (exact) mass is 689 g/mol. The van der Waals surface area contributed by atoms with Crippen LogP contribution in [0, 0.1) is 0 Å². The van der Waals surface area contributed by atoms with E-state index in [4.69, 9.17) is 4.42 Å². The number of hydrogen-bond acceptors (Lipinski definition) is 2. The molecule has 54 heavy (non-hydrogen) atoms. The average molecular weight is 690 g/mol. The maximum Gasteiger partial charge on any atom is 0.143 e. The van der Waals surface area contributed by atoms with Crippen molar-refractivity contribution >= 4 is 49.8 Å². The van der Waals surface area contributed by atoms with Gasteiger partial charge in [0.1, 0.15) is 11.2 Å². The van der Waals surface area contributed by atoms with Crippen LogP contribution >= 0.6 is 0 Å². The second-order valence-corrected chi connectivity index (χ2v) is 13.7. The highest BCUT2D eigenvalue weighted by atomic mass is 16.3. The van der Waals surface area contributed by atoms with Crippen LogP contribution in [0.1, 0.15) is 0 Å². The third kappa shape index (κ3) is 5.53. The lowest BCUT2D eigenvalue weighted by Crippen LogP contribution is -2.11. The van der Waals surface area contributed by atoms with Crippen LogP contribution in [0.25, 0.3) is 77.2 Å². The van der Waals surface area contributed by atoms with Gasteiger partial charge in [0, 0.05) is 38.7 Å². The lowest BCUT2D eigenvalue weighted by atomic mass is 9.91. The summed E-state index contributed by atoms with van der Waals surface area (Å²) in [4.78, 5) is 2.38. The fourth-order valence-electron chi connectivity index (χ4n) is 7.87. The van der Waals surface area contributed by atoms with Crippen LogP contribution in [0.4, 0.5) is 17.1 Å². The van der Waals surface area contributed by atoms with Gasteiger partial charge >= 0.3 is 0 Å². The summed E-state index contributed by atoms with van der Waals surface area (Å²) in [6.07, 6.45) is 0. The molecule has 10 aromatic rings. The van der Waals surface area contributed by atoms with Gasteiger partial charge in [-0.1, -0.05) is 170 Å². The van der Waals surface area contributed by atoms with Crippen molar-refractivity contribution in [2.75, 3.05) is 4.90 Å². The predicted octanol–water partition coefficient (Wildman–Crippen LogP) is 14.9. The number of nitrogens with zero attached hydrogens (tertiary/aromatic N) is 1. The Morgan fingerprint density at radius 3 is 1.41 bits per heavy atom. The molecular weight excluding hydrogens is 655 g/mol. The molecule has 254 valence electrons. The van der Waals surface area contributed by atoms with Crippen LogP contribution in [0.5, 0.6) is 0 Å². The molecule has 0 N–H and O–H groups in total. The molecule has 1 heterocycles. The molecule has 0 aliphatic rings. The summed E-state index contributed by atoms with van der Waals surface area (Å²) in [5, 5.41) is 4.50. The second kappa shape index (κ2) is 13.4. The zero-order valence-corrected chi connectivity index (χ0v) is 29.6. The third-order valence-corrected chi connectivity index (χ3v) is 10.5. The maximum atomic E-state index is 7.07. The first-order valence-electron chi connectivity index (χ1n) is 18.4. The molecule has 1 aromatic heterocycles. The number of fused-ring (bicyclic) bond motifs is 5. The van der Waals surface area contributed by atoms with Crippen molar-refractivity contribution in [3.05, 3.63) is 212 Å². The van der Waals surface area contributed by atoms with E-state index in [1.54, 1.807) is 0 Å². The minimum absolute atomic E-state index is 0.883. The highest BCUT2D eigenvalue weighted by Crippen LogP contribution is 2.48. The van der Waals surface area contributed by atoms with Gasteiger partial charge in [-0.3, -0.25) is 0 Å². The van der Waals surface area contributed by atoms with Crippen molar-refractivity contribution in [2.24, 2.45) is 0 Å². The quantitative estimate of drug-likeness (QED) is 0.166. The number of rotatable bonds is 7. The van der Waals surface area contributed by atoms with Crippen LogP contribution in [-0.4, -0.2) is 0 Å². The van der Waals surface area contributed by atoms with Crippen molar-refractivity contribution in [3.8, 4) is 44.5 Å². The molecule has 2 nitrogen and oxygen atoms in total. The van der Waals surface area contributed by atoms with Crippen LogP contribution in [0.2, 0.25) is 0 Å². The van der Waals surface area contributed by atoms with Crippen LogP contribution in [-0.2, 0) is 0 Å². The van der Waals surface area contributed by atoms with E-state index in [0.29, 0.717) is 0 Å². The Hall–Kier alpha value is -7.16. The fourth-order valence-corrected chi connectivity index (χ4v) is 7.87. The summed E-state index contributed by atoms with van der Waals surface area (Å²) in [6, 6.07) is 75.7. The molecule has 0 amide bonds. The fraction of sp³-hybridized carbons (Fsp3) is 0. The first kappa shape index (κ1) is 31.6. The first-order chi connectivity index (χ1) is 26.8. The zero-order chi connectivity index (χ0) is 35.8. The van der Waals surface area contributed by atoms with Gasteiger partial charge in [-0.15, -0.1) is 0 Å². The van der Waals surface area contributed by atoms with Crippen molar-refractivity contribution in [1.29, 1.82) is 0 Å². The van der Waals surface area contributed by atoms with E-state index in [1.165, 1.54) is 27.6 Å². The van der Waals surface area contributed by atoms with Gasteiger partial charge in [0.25, 0.3) is 0 Å². The van der Waals surface area contributed by atoms with E-state index < -0.39 is 0 Å². The molecule has 0 saturated carbocycles. The highest BCUT2D eigenvalue weighted by Gasteiger charge is 2.24. The Balaban J connectivity index is 1.22. The molecule has 2 heteroatoms. The SMILES string of the molecule is c1ccc(-c2ccc(N(c3ccc(-c4ccccc4)cc3)c3ccccc3-c3c(-c4ccccc4)ccc4c3oc3c5ccccc5ccc43)cc2)cc1. The van der Waals surface area contributed by atoms with Crippen molar-refractivity contribution in [3.63, 3.8) is 0 Å². The Kier molecular flexibility index (Phi) is 7.85. The van der Waals surface area contributed by atoms with E-state index in [0.717, 1.165) is 66.6 Å². The lowest BCUT2D eigenvalue weighted by Gasteiger charge is -2.29. The molecule has 0 spiro atoms. The molecule has 0 aliphatic heterocycles. The average Bonchev–Trinajstić information content (AvgIpc) is 3.65. The zero-order valence-electron chi connectivity index (χ0n) is 29.6. The van der Waals surface area contributed by atoms with E-state index >= 15 is 0 Å². The van der Waals surface area contributed by atoms with Gasteiger partial charge in [0.15, 0.2) is 0 Å². The molecule has 0 radical (unpaired) electrons. The Morgan fingerprint density at radius 1 is 0.296 bits per heavy atom. The van der Waals surface area contributed by atoms with Gasteiger partial charge in [-0.2, -0.15) is 0 Å². The summed E-state index contributed by atoms with van der Waals surface area (Å²) in [6.45, 7) is 0. The smallest absolute Gasteiger partial charge is 0.143 e. The van der Waals surface area contributed by atoms with Crippen LogP contribution < -0.4 is 4.90 Å². The molecule has 0 atom stereocenters. The van der Waals surface area contributed by atoms with Crippen LogP contribution in [0.3, 0.4) is 0 Å². The van der Waals surface area contributed by atoms with E-state index in [9.17, 15) is 0 Å². The summed E-state index contributed by atoms with van der Waals surface area (Å²) >= 11 is 0. The van der Waals surface area contributed by atoms with Gasteiger partial charge in [0.2, 0.25) is 0 Å². The molecule has 0 saturated heterocycles. The van der Waals surface area contributed by atoms with Gasteiger partial charge in [-0.25, -0.2) is 0 Å². The summed E-state index contributed by atoms with van der Waals surface area (Å²) in [5.41, 5.74) is 14.2. The second-order valence-electron chi connectivity index (χ2n) is 13.7. The van der Waals surface area contributed by atoms with Crippen molar-refractivity contribution in [2.45, 2.75) is 0 Å². The van der Waals surface area contributed by atoms with Gasteiger partial charge in [0.05, 0.1) is 5.69 Å². The van der Waals surface area contributed by atoms with E-state index in [-0.39, 0.29) is 0 Å². The molecule has 0 bridgehead atoms. The van der Waals surface area contributed by atoms with Crippen LogP contribution in [0.15, 0.2) is 217 Å². The number of anilines is 3. The summed E-state index contributed by atoms with van der Waals surface area (Å²) in [7, 11) is 0. The largest absolute Gasteiger partial charge is 0.455 e. The predicted molar refractivity (Wildman–Crippen MR) is 228 cm³/mol. The normalized spacial score (nSPS) is 11.3. The Labute approximate surface area is 314 Å².